The van der Waals surface area contributed by atoms with Gasteiger partial charge in [0.1, 0.15) is 0 Å². The predicted molar refractivity (Wildman–Crippen MR) is 104 cm³/mol. The number of rotatable bonds is 3. The maximum atomic E-state index is 6.21. The van der Waals surface area contributed by atoms with Crippen molar-refractivity contribution < 1.29 is 0 Å². The van der Waals surface area contributed by atoms with Crippen molar-refractivity contribution in [1.29, 1.82) is 0 Å². The number of halogens is 4. The van der Waals surface area contributed by atoms with Crippen LogP contribution in [0.2, 0.25) is 10.0 Å². The molecule has 0 saturated carbocycles. The first kappa shape index (κ1) is 21.0. The third-order valence-corrected chi connectivity index (χ3v) is 4.28. The Kier molecular flexibility index (Phi) is 7.76. The first-order chi connectivity index (χ1) is 10.6. The topological polar surface area (TPSA) is 94.0 Å². The van der Waals surface area contributed by atoms with Gasteiger partial charge in [0.2, 0.25) is 11.9 Å². The molecule has 1 atom stereocenters. The Morgan fingerprint density at radius 1 is 1.17 bits per heavy atom. The summed E-state index contributed by atoms with van der Waals surface area (Å²) in [4.78, 5) is 15.0. The average Bonchev–Trinajstić information content (AvgIpc) is 2.98. The molecule has 3 rings (SSSR count). The fourth-order valence-corrected chi connectivity index (χ4v) is 2.89. The lowest BCUT2D eigenvalue weighted by Crippen LogP contribution is -2.25. The van der Waals surface area contributed by atoms with Crippen molar-refractivity contribution in [3.8, 4) is 11.4 Å². The summed E-state index contributed by atoms with van der Waals surface area (Å²) in [6, 6.07) is 5.14. The van der Waals surface area contributed by atoms with Gasteiger partial charge in [-0.25, -0.2) is 0 Å². The molecule has 1 aliphatic rings. The molecule has 1 aromatic heterocycles. The summed E-state index contributed by atoms with van der Waals surface area (Å²) in [5, 5.41) is 1.08. The van der Waals surface area contributed by atoms with Gasteiger partial charge in [-0.05, 0) is 37.1 Å². The van der Waals surface area contributed by atoms with E-state index in [1.54, 1.807) is 18.2 Å². The van der Waals surface area contributed by atoms with Gasteiger partial charge in [0.25, 0.3) is 0 Å². The number of anilines is 2. The zero-order chi connectivity index (χ0) is 15.7. The van der Waals surface area contributed by atoms with Crippen LogP contribution in [0.4, 0.5) is 11.9 Å². The fourth-order valence-electron chi connectivity index (χ4n) is 2.52. The lowest BCUT2D eigenvalue weighted by Gasteiger charge is -2.17. The molecule has 6 nitrogen and oxygen atoms in total. The number of benzene rings is 1. The largest absolute Gasteiger partial charge is 0.368 e. The quantitative estimate of drug-likeness (QED) is 0.805. The van der Waals surface area contributed by atoms with Crippen LogP contribution in [0.3, 0.4) is 0 Å². The molecule has 10 heteroatoms. The van der Waals surface area contributed by atoms with Crippen LogP contribution in [0.5, 0.6) is 0 Å². The molecule has 0 bridgehead atoms. The van der Waals surface area contributed by atoms with E-state index in [2.05, 4.69) is 19.9 Å². The van der Waals surface area contributed by atoms with Crippen molar-refractivity contribution in [1.82, 2.24) is 15.0 Å². The van der Waals surface area contributed by atoms with Gasteiger partial charge in [-0.2, -0.15) is 15.0 Å². The SMILES string of the molecule is Cl.Cl.NCC1CCN(c2nc(N)nc(-c3cc(Cl)ccc3Cl)n2)C1. The molecule has 1 unspecified atom stereocenters. The van der Waals surface area contributed by atoms with Crippen LogP contribution in [-0.4, -0.2) is 34.6 Å². The molecule has 0 amide bonds. The molecule has 24 heavy (non-hydrogen) atoms. The van der Waals surface area contributed by atoms with E-state index < -0.39 is 0 Å². The van der Waals surface area contributed by atoms with Crippen LogP contribution < -0.4 is 16.4 Å². The van der Waals surface area contributed by atoms with E-state index in [9.17, 15) is 0 Å². The summed E-state index contributed by atoms with van der Waals surface area (Å²) in [5.74, 6) is 1.59. The van der Waals surface area contributed by atoms with Crippen LogP contribution in [0, 0.1) is 5.92 Å². The van der Waals surface area contributed by atoms with E-state index in [1.807, 2.05) is 0 Å². The van der Waals surface area contributed by atoms with E-state index in [0.29, 0.717) is 39.8 Å². The molecule has 2 heterocycles. The van der Waals surface area contributed by atoms with Gasteiger partial charge in [-0.1, -0.05) is 23.2 Å². The van der Waals surface area contributed by atoms with Crippen molar-refractivity contribution in [2.45, 2.75) is 6.42 Å². The van der Waals surface area contributed by atoms with Gasteiger partial charge < -0.3 is 16.4 Å². The van der Waals surface area contributed by atoms with E-state index >= 15 is 0 Å². The zero-order valence-electron chi connectivity index (χ0n) is 12.7. The van der Waals surface area contributed by atoms with Crippen LogP contribution in [0.1, 0.15) is 6.42 Å². The molecular weight excluding hydrogens is 394 g/mol. The monoisotopic (exact) mass is 410 g/mol. The minimum absolute atomic E-state index is 0. The second kappa shape index (κ2) is 8.87. The number of hydrogen-bond acceptors (Lipinski definition) is 6. The molecule has 1 saturated heterocycles. The second-order valence-corrected chi connectivity index (χ2v) is 6.12. The maximum Gasteiger partial charge on any atom is 0.230 e. The van der Waals surface area contributed by atoms with E-state index in [4.69, 9.17) is 34.7 Å². The minimum atomic E-state index is 0. The molecular formula is C14H18Cl4N6. The fraction of sp³-hybridized carbons (Fsp3) is 0.357. The Labute approximate surface area is 162 Å². The Balaban J connectivity index is 0.00000144. The van der Waals surface area contributed by atoms with Gasteiger partial charge in [-0.15, -0.1) is 24.8 Å². The van der Waals surface area contributed by atoms with Crippen LogP contribution in [-0.2, 0) is 0 Å². The first-order valence-corrected chi connectivity index (χ1v) is 7.74. The number of aromatic nitrogens is 3. The molecule has 1 aromatic carbocycles. The smallest absolute Gasteiger partial charge is 0.230 e. The normalized spacial score (nSPS) is 16.5. The highest BCUT2D eigenvalue weighted by Gasteiger charge is 2.24. The van der Waals surface area contributed by atoms with Crippen molar-refractivity contribution in [2.75, 3.05) is 30.3 Å². The predicted octanol–water partition coefficient (Wildman–Crippen LogP) is 3.06. The van der Waals surface area contributed by atoms with Gasteiger partial charge in [0, 0.05) is 23.7 Å². The zero-order valence-corrected chi connectivity index (χ0v) is 15.8. The van der Waals surface area contributed by atoms with E-state index in [0.717, 1.165) is 19.5 Å². The summed E-state index contributed by atoms with van der Waals surface area (Å²) >= 11 is 12.2. The third-order valence-electron chi connectivity index (χ3n) is 3.71. The molecule has 0 spiro atoms. The lowest BCUT2D eigenvalue weighted by molar-refractivity contribution is 0.601. The molecule has 2 aromatic rings. The van der Waals surface area contributed by atoms with Crippen LogP contribution >= 0.6 is 48.0 Å². The van der Waals surface area contributed by atoms with Gasteiger partial charge in [0.15, 0.2) is 5.82 Å². The van der Waals surface area contributed by atoms with Gasteiger partial charge in [-0.3, -0.25) is 0 Å². The lowest BCUT2D eigenvalue weighted by atomic mass is 10.1. The molecule has 4 N–H and O–H groups in total. The first-order valence-electron chi connectivity index (χ1n) is 6.99. The standard InChI is InChI=1S/C14H16Cl2N6.2ClH/c15-9-1-2-11(16)10(5-9)12-19-13(18)21-14(20-12)22-4-3-8(6-17)7-22;;/h1-2,5,8H,3-4,6-7,17H2,(H2,18,19,20,21);2*1H. The Hall–Kier alpha value is -1.05. The minimum Gasteiger partial charge on any atom is -0.368 e. The summed E-state index contributed by atoms with van der Waals surface area (Å²) < 4.78 is 0. The van der Waals surface area contributed by atoms with Crippen LogP contribution in [0.15, 0.2) is 18.2 Å². The number of nitrogen functional groups attached to an aromatic ring is 1. The van der Waals surface area contributed by atoms with Crippen LogP contribution in [0.25, 0.3) is 11.4 Å². The molecule has 0 aliphatic carbocycles. The molecule has 1 aliphatic heterocycles. The van der Waals surface area contributed by atoms with E-state index in [1.165, 1.54) is 0 Å². The molecule has 1 fully saturated rings. The number of nitrogens with zero attached hydrogens (tertiary/aromatic N) is 4. The van der Waals surface area contributed by atoms with Gasteiger partial charge >= 0.3 is 0 Å². The van der Waals surface area contributed by atoms with Gasteiger partial charge in [0.05, 0.1) is 5.02 Å². The summed E-state index contributed by atoms with van der Waals surface area (Å²) in [5.41, 5.74) is 12.2. The Morgan fingerprint density at radius 2 is 1.92 bits per heavy atom. The highest BCUT2D eigenvalue weighted by molar-refractivity contribution is 6.35. The average molecular weight is 412 g/mol. The Bertz CT molecular complexity index is 699. The Morgan fingerprint density at radius 3 is 2.58 bits per heavy atom. The third kappa shape index (κ3) is 4.52. The number of hydrogen-bond donors (Lipinski definition) is 2. The van der Waals surface area contributed by atoms with Crippen molar-refractivity contribution in [3.05, 3.63) is 28.2 Å². The summed E-state index contributed by atoms with van der Waals surface area (Å²) in [6.07, 6.45) is 1.02. The van der Waals surface area contributed by atoms with Crippen molar-refractivity contribution in [3.63, 3.8) is 0 Å². The van der Waals surface area contributed by atoms with Crippen molar-refractivity contribution in [2.24, 2.45) is 11.7 Å². The molecule has 0 radical (unpaired) electrons. The van der Waals surface area contributed by atoms with Crippen molar-refractivity contribution >= 4 is 59.9 Å². The number of nitrogens with two attached hydrogens (primary N) is 2. The maximum absolute atomic E-state index is 6.21. The summed E-state index contributed by atoms with van der Waals surface area (Å²) in [7, 11) is 0. The second-order valence-electron chi connectivity index (χ2n) is 5.28. The van der Waals surface area contributed by atoms with E-state index in [-0.39, 0.29) is 30.8 Å². The highest BCUT2D eigenvalue weighted by Crippen LogP contribution is 2.30. The summed E-state index contributed by atoms with van der Waals surface area (Å²) in [6.45, 7) is 2.33. The molecule has 132 valence electrons. The highest BCUT2D eigenvalue weighted by atomic mass is 35.5.